The fraction of sp³-hybridized carbons (Fsp3) is 0.263. The van der Waals surface area contributed by atoms with Gasteiger partial charge in [0.05, 0.1) is 5.92 Å². The molecule has 0 unspecified atom stereocenters. The van der Waals surface area contributed by atoms with Crippen LogP contribution in [0.4, 0.5) is 0 Å². The van der Waals surface area contributed by atoms with Gasteiger partial charge in [0.15, 0.2) is 0 Å². The fourth-order valence-corrected chi connectivity index (χ4v) is 3.23. The van der Waals surface area contributed by atoms with Crippen LogP contribution in [0.3, 0.4) is 0 Å². The molecule has 3 rings (SSSR count). The topological polar surface area (TPSA) is 46.6 Å². The normalized spacial score (nSPS) is 17.1. The lowest BCUT2D eigenvalue weighted by Crippen LogP contribution is -2.26. The first-order valence-corrected chi connectivity index (χ1v) is 8.64. The van der Waals surface area contributed by atoms with E-state index in [1.165, 1.54) is 0 Å². The van der Waals surface area contributed by atoms with Gasteiger partial charge in [0.25, 0.3) is 0 Å². The maximum atomic E-state index is 12.2. The summed E-state index contributed by atoms with van der Waals surface area (Å²) in [6, 6.07) is 17.4. The number of esters is 1. The molecule has 1 aliphatic heterocycles. The number of hydrogen-bond acceptors (Lipinski definition) is 3. The number of halogens is 1. The van der Waals surface area contributed by atoms with Crippen molar-refractivity contribution in [1.29, 1.82) is 0 Å². The lowest BCUT2D eigenvalue weighted by atomic mass is 10.1. The van der Waals surface area contributed by atoms with Crippen LogP contribution in [-0.2, 0) is 27.5 Å². The highest BCUT2D eigenvalue weighted by molar-refractivity contribution is 9.10. The summed E-state index contributed by atoms with van der Waals surface area (Å²) in [5.41, 5.74) is 1.98. The Labute approximate surface area is 149 Å². The maximum absolute atomic E-state index is 12.2. The summed E-state index contributed by atoms with van der Waals surface area (Å²) >= 11 is 3.39. The largest absolute Gasteiger partial charge is 0.461 e. The quantitative estimate of drug-likeness (QED) is 0.737. The highest BCUT2D eigenvalue weighted by Crippen LogP contribution is 2.22. The first-order chi connectivity index (χ1) is 11.6. The molecule has 4 nitrogen and oxygen atoms in total. The average molecular weight is 388 g/mol. The molecular weight excluding hydrogens is 370 g/mol. The van der Waals surface area contributed by atoms with Crippen molar-refractivity contribution in [2.24, 2.45) is 5.92 Å². The molecule has 0 radical (unpaired) electrons. The zero-order chi connectivity index (χ0) is 16.9. The van der Waals surface area contributed by atoms with Crippen molar-refractivity contribution < 1.29 is 14.3 Å². The Morgan fingerprint density at radius 3 is 2.62 bits per heavy atom. The highest BCUT2D eigenvalue weighted by Gasteiger charge is 2.35. The zero-order valence-corrected chi connectivity index (χ0v) is 14.7. The minimum absolute atomic E-state index is 0.00302. The summed E-state index contributed by atoms with van der Waals surface area (Å²) in [5, 5.41) is 0. The first-order valence-electron chi connectivity index (χ1n) is 7.84. The minimum atomic E-state index is -0.381. The van der Waals surface area contributed by atoms with Gasteiger partial charge in [-0.25, -0.2) is 0 Å². The minimum Gasteiger partial charge on any atom is -0.461 e. The van der Waals surface area contributed by atoms with Crippen molar-refractivity contribution in [2.45, 2.75) is 19.6 Å². The molecule has 0 saturated carbocycles. The van der Waals surface area contributed by atoms with Gasteiger partial charge >= 0.3 is 5.97 Å². The van der Waals surface area contributed by atoms with Crippen molar-refractivity contribution in [3.05, 3.63) is 70.2 Å². The third-order valence-electron chi connectivity index (χ3n) is 4.03. The number of carbonyl (C=O) groups excluding carboxylic acids is 2. The third-order valence-corrected chi connectivity index (χ3v) is 4.53. The SMILES string of the molecule is O=C(OCc1cccc(Br)c1)[C@@H]1CC(=O)N(Cc2ccccc2)C1. The van der Waals surface area contributed by atoms with E-state index in [2.05, 4.69) is 15.9 Å². The molecule has 2 aromatic carbocycles. The van der Waals surface area contributed by atoms with E-state index in [1.807, 2.05) is 54.6 Å². The van der Waals surface area contributed by atoms with Gasteiger partial charge in [-0.2, -0.15) is 0 Å². The van der Waals surface area contributed by atoms with Crippen LogP contribution in [0.1, 0.15) is 17.5 Å². The number of rotatable bonds is 5. The predicted octanol–water partition coefficient (Wildman–Crippen LogP) is 3.54. The molecule has 0 aliphatic carbocycles. The lowest BCUT2D eigenvalue weighted by Gasteiger charge is -2.16. The number of nitrogens with zero attached hydrogens (tertiary/aromatic N) is 1. The Balaban J connectivity index is 1.54. The van der Waals surface area contributed by atoms with Crippen molar-refractivity contribution >= 4 is 27.8 Å². The van der Waals surface area contributed by atoms with Crippen molar-refractivity contribution in [3.8, 4) is 0 Å². The smallest absolute Gasteiger partial charge is 0.311 e. The summed E-state index contributed by atoms with van der Waals surface area (Å²) in [6.45, 7) is 1.18. The van der Waals surface area contributed by atoms with Crippen LogP contribution in [-0.4, -0.2) is 23.3 Å². The van der Waals surface area contributed by atoms with Crippen LogP contribution in [0.5, 0.6) is 0 Å². The van der Waals surface area contributed by atoms with E-state index in [1.54, 1.807) is 4.90 Å². The van der Waals surface area contributed by atoms with E-state index in [0.717, 1.165) is 15.6 Å². The molecule has 1 heterocycles. The number of carbonyl (C=O) groups is 2. The van der Waals surface area contributed by atoms with Gasteiger partial charge in [-0.3, -0.25) is 9.59 Å². The van der Waals surface area contributed by atoms with Gasteiger partial charge in [0, 0.05) is 24.0 Å². The summed E-state index contributed by atoms with van der Waals surface area (Å²) in [4.78, 5) is 26.1. The van der Waals surface area contributed by atoms with Crippen molar-refractivity contribution in [1.82, 2.24) is 4.90 Å². The van der Waals surface area contributed by atoms with Crippen LogP contribution >= 0.6 is 15.9 Å². The number of ether oxygens (including phenoxy) is 1. The van der Waals surface area contributed by atoms with Gasteiger partial charge in [0.1, 0.15) is 6.61 Å². The van der Waals surface area contributed by atoms with E-state index in [0.29, 0.717) is 13.1 Å². The first kappa shape index (κ1) is 16.7. The zero-order valence-electron chi connectivity index (χ0n) is 13.2. The molecule has 0 spiro atoms. The highest BCUT2D eigenvalue weighted by atomic mass is 79.9. The second-order valence-corrected chi connectivity index (χ2v) is 6.81. The molecular formula is C19H18BrNO3. The molecule has 1 fully saturated rings. The third kappa shape index (κ3) is 4.23. The molecule has 5 heteroatoms. The predicted molar refractivity (Wildman–Crippen MR) is 93.9 cm³/mol. The molecule has 1 amide bonds. The molecule has 1 atom stereocenters. The lowest BCUT2D eigenvalue weighted by molar-refractivity contribution is -0.149. The Hall–Kier alpha value is -2.14. The van der Waals surface area contributed by atoms with E-state index in [4.69, 9.17) is 4.74 Å². The number of likely N-dealkylation sites (tertiary alicyclic amines) is 1. The Morgan fingerprint density at radius 2 is 1.88 bits per heavy atom. The summed E-state index contributed by atoms with van der Waals surface area (Å²) < 4.78 is 6.32. The van der Waals surface area contributed by atoms with Crippen molar-refractivity contribution in [3.63, 3.8) is 0 Å². The monoisotopic (exact) mass is 387 g/mol. The number of hydrogen-bond donors (Lipinski definition) is 0. The molecule has 24 heavy (non-hydrogen) atoms. The average Bonchev–Trinajstić information content (AvgIpc) is 2.95. The van der Waals surface area contributed by atoms with Crippen LogP contribution in [0.25, 0.3) is 0 Å². The summed E-state index contributed by atoms with van der Waals surface area (Å²) in [5.74, 6) is -0.685. The number of amides is 1. The van der Waals surface area contributed by atoms with Crippen LogP contribution in [0.2, 0.25) is 0 Å². The Bertz CT molecular complexity index is 732. The Morgan fingerprint density at radius 1 is 1.12 bits per heavy atom. The second kappa shape index (κ2) is 7.62. The van der Waals surface area contributed by atoms with E-state index in [-0.39, 0.29) is 30.8 Å². The van der Waals surface area contributed by atoms with Gasteiger partial charge in [-0.05, 0) is 23.3 Å². The second-order valence-electron chi connectivity index (χ2n) is 5.90. The summed E-state index contributed by atoms with van der Waals surface area (Å²) in [6.07, 6.45) is 0.226. The number of benzene rings is 2. The van der Waals surface area contributed by atoms with Crippen LogP contribution < -0.4 is 0 Å². The van der Waals surface area contributed by atoms with Gasteiger partial charge in [-0.15, -0.1) is 0 Å². The van der Waals surface area contributed by atoms with E-state index < -0.39 is 0 Å². The molecule has 1 saturated heterocycles. The van der Waals surface area contributed by atoms with Crippen LogP contribution in [0, 0.1) is 5.92 Å². The van der Waals surface area contributed by atoms with Crippen LogP contribution in [0.15, 0.2) is 59.1 Å². The van der Waals surface area contributed by atoms with Gasteiger partial charge in [-0.1, -0.05) is 58.4 Å². The van der Waals surface area contributed by atoms with Gasteiger partial charge in [0.2, 0.25) is 5.91 Å². The molecule has 2 aromatic rings. The molecule has 0 aromatic heterocycles. The van der Waals surface area contributed by atoms with E-state index >= 15 is 0 Å². The Kier molecular flexibility index (Phi) is 5.30. The molecule has 124 valence electrons. The van der Waals surface area contributed by atoms with E-state index in [9.17, 15) is 9.59 Å². The molecule has 0 N–H and O–H groups in total. The van der Waals surface area contributed by atoms with Gasteiger partial charge < -0.3 is 9.64 Å². The summed E-state index contributed by atoms with van der Waals surface area (Å²) in [7, 11) is 0. The maximum Gasteiger partial charge on any atom is 0.311 e. The van der Waals surface area contributed by atoms with Crippen molar-refractivity contribution in [2.75, 3.05) is 6.54 Å². The molecule has 0 bridgehead atoms. The fourth-order valence-electron chi connectivity index (χ4n) is 2.79. The molecule has 1 aliphatic rings. The standard InChI is InChI=1S/C19H18BrNO3/c20-17-8-4-7-15(9-17)13-24-19(23)16-10-18(22)21(12-16)11-14-5-2-1-3-6-14/h1-9,16H,10-13H2/t16-/m1/s1.